The molecular weight excluding hydrogens is 202 g/mol. The van der Waals surface area contributed by atoms with Crippen molar-refractivity contribution in [2.75, 3.05) is 18.1 Å². The number of hydrogen-bond acceptors (Lipinski definition) is 2. The predicted molar refractivity (Wildman–Crippen MR) is 71.7 cm³/mol. The Morgan fingerprint density at radius 1 is 1.27 bits per heavy atom. The Morgan fingerprint density at radius 2 is 2.00 bits per heavy atom. The fourth-order valence-electron chi connectivity index (χ4n) is 1.82. The van der Waals surface area contributed by atoms with Gasteiger partial charge in [0.15, 0.2) is 0 Å². The van der Waals surface area contributed by atoms with Crippen molar-refractivity contribution >= 4 is 11.8 Å². The first-order valence-electron chi connectivity index (χ1n) is 6.45. The molecule has 0 aromatic heterocycles. The molecule has 0 bridgehead atoms. The Morgan fingerprint density at radius 3 is 2.60 bits per heavy atom. The average Bonchev–Trinajstić information content (AvgIpc) is 2.96. The van der Waals surface area contributed by atoms with E-state index in [2.05, 4.69) is 37.8 Å². The average molecular weight is 229 g/mol. The third kappa shape index (κ3) is 7.24. The van der Waals surface area contributed by atoms with Crippen LogP contribution in [-0.2, 0) is 0 Å². The Bertz CT molecular complexity index is 164. The minimum absolute atomic E-state index is 0.538. The molecule has 1 N–H and O–H groups in total. The van der Waals surface area contributed by atoms with Crippen LogP contribution in [0.2, 0.25) is 0 Å². The van der Waals surface area contributed by atoms with Crippen molar-refractivity contribution in [1.82, 2.24) is 5.32 Å². The zero-order chi connectivity index (χ0) is 11.1. The molecule has 0 spiro atoms. The molecule has 1 aliphatic rings. The van der Waals surface area contributed by atoms with Gasteiger partial charge in [0.2, 0.25) is 0 Å². The molecule has 15 heavy (non-hydrogen) atoms. The first kappa shape index (κ1) is 13.4. The van der Waals surface area contributed by atoms with Crippen molar-refractivity contribution in [2.24, 2.45) is 5.41 Å². The fourth-order valence-corrected chi connectivity index (χ4v) is 2.46. The first-order chi connectivity index (χ1) is 7.14. The van der Waals surface area contributed by atoms with E-state index in [0.717, 1.165) is 6.04 Å². The van der Waals surface area contributed by atoms with Gasteiger partial charge in [0, 0.05) is 6.04 Å². The summed E-state index contributed by atoms with van der Waals surface area (Å²) in [5.41, 5.74) is 0.538. The summed E-state index contributed by atoms with van der Waals surface area (Å²) in [6.07, 6.45) is 6.92. The summed E-state index contributed by atoms with van der Waals surface area (Å²) in [6.45, 7) is 8.30. The third-order valence-electron chi connectivity index (χ3n) is 3.16. The van der Waals surface area contributed by atoms with Crippen LogP contribution in [0.1, 0.15) is 52.9 Å². The molecule has 0 unspecified atom stereocenters. The summed E-state index contributed by atoms with van der Waals surface area (Å²) >= 11 is 2.07. The van der Waals surface area contributed by atoms with Crippen LogP contribution in [0.25, 0.3) is 0 Å². The van der Waals surface area contributed by atoms with Gasteiger partial charge in [0.05, 0.1) is 0 Å². The van der Waals surface area contributed by atoms with Gasteiger partial charge in [-0.15, -0.1) is 0 Å². The summed E-state index contributed by atoms with van der Waals surface area (Å²) < 4.78 is 0. The Balaban J connectivity index is 1.96. The lowest BCUT2D eigenvalue weighted by atomic mass is 9.84. The summed E-state index contributed by atoms with van der Waals surface area (Å²) in [4.78, 5) is 0. The monoisotopic (exact) mass is 229 g/mol. The summed E-state index contributed by atoms with van der Waals surface area (Å²) in [5, 5.41) is 3.61. The van der Waals surface area contributed by atoms with Crippen LogP contribution in [0.3, 0.4) is 0 Å². The molecule has 1 nitrogen and oxygen atoms in total. The maximum Gasteiger partial charge on any atom is 0.00682 e. The molecule has 0 aliphatic heterocycles. The molecule has 1 aliphatic carbocycles. The normalized spacial score (nSPS) is 17.0. The summed E-state index contributed by atoms with van der Waals surface area (Å²) in [6, 6.07) is 0.872. The minimum Gasteiger partial charge on any atom is -0.314 e. The van der Waals surface area contributed by atoms with Gasteiger partial charge in [0.1, 0.15) is 0 Å². The quantitative estimate of drug-likeness (QED) is 0.605. The Labute approximate surface area is 99.8 Å². The highest BCUT2D eigenvalue weighted by molar-refractivity contribution is 7.99. The molecule has 0 saturated heterocycles. The zero-order valence-corrected chi connectivity index (χ0v) is 11.5. The number of rotatable bonds is 9. The molecular formula is C13H27NS. The lowest BCUT2D eigenvalue weighted by Gasteiger charge is -2.24. The molecule has 2 heteroatoms. The van der Waals surface area contributed by atoms with Crippen molar-refractivity contribution in [3.05, 3.63) is 0 Å². The SMILES string of the molecule is CCSCCCC(C)(C)CCNC1CC1. The molecule has 1 saturated carbocycles. The molecule has 0 aromatic rings. The predicted octanol–water partition coefficient (Wildman–Crippen LogP) is 3.69. The highest BCUT2D eigenvalue weighted by atomic mass is 32.2. The highest BCUT2D eigenvalue weighted by Gasteiger charge is 2.22. The second kappa shape index (κ2) is 6.80. The van der Waals surface area contributed by atoms with E-state index in [-0.39, 0.29) is 0 Å². The van der Waals surface area contributed by atoms with E-state index in [1.165, 1.54) is 50.2 Å². The Kier molecular flexibility index (Phi) is 6.06. The van der Waals surface area contributed by atoms with E-state index < -0.39 is 0 Å². The van der Waals surface area contributed by atoms with Gasteiger partial charge < -0.3 is 5.32 Å². The number of hydrogen-bond donors (Lipinski definition) is 1. The van der Waals surface area contributed by atoms with Crippen molar-refractivity contribution in [2.45, 2.75) is 58.9 Å². The van der Waals surface area contributed by atoms with E-state index in [1.54, 1.807) is 0 Å². The van der Waals surface area contributed by atoms with E-state index >= 15 is 0 Å². The van der Waals surface area contributed by atoms with Gasteiger partial charge in [0.25, 0.3) is 0 Å². The van der Waals surface area contributed by atoms with Crippen molar-refractivity contribution < 1.29 is 0 Å². The first-order valence-corrected chi connectivity index (χ1v) is 7.60. The van der Waals surface area contributed by atoms with Crippen LogP contribution < -0.4 is 5.32 Å². The summed E-state index contributed by atoms with van der Waals surface area (Å²) in [7, 11) is 0. The van der Waals surface area contributed by atoms with Crippen LogP contribution in [0, 0.1) is 5.41 Å². The second-order valence-electron chi connectivity index (χ2n) is 5.44. The van der Waals surface area contributed by atoms with Crippen molar-refractivity contribution in [3.63, 3.8) is 0 Å². The van der Waals surface area contributed by atoms with Crippen molar-refractivity contribution in [1.29, 1.82) is 0 Å². The zero-order valence-electron chi connectivity index (χ0n) is 10.6. The standard InChI is InChI=1S/C13H27NS/c1-4-15-11-5-8-13(2,3)9-10-14-12-6-7-12/h12,14H,4-11H2,1-3H3. The van der Waals surface area contributed by atoms with Crippen LogP contribution >= 0.6 is 11.8 Å². The lowest BCUT2D eigenvalue weighted by molar-refractivity contribution is 0.299. The van der Waals surface area contributed by atoms with Gasteiger partial charge >= 0.3 is 0 Å². The molecule has 0 radical (unpaired) electrons. The van der Waals surface area contributed by atoms with Gasteiger partial charge in [-0.25, -0.2) is 0 Å². The van der Waals surface area contributed by atoms with E-state index in [9.17, 15) is 0 Å². The molecule has 0 aromatic carbocycles. The van der Waals surface area contributed by atoms with Crippen LogP contribution in [-0.4, -0.2) is 24.1 Å². The van der Waals surface area contributed by atoms with Gasteiger partial charge in [-0.1, -0.05) is 20.8 Å². The van der Waals surface area contributed by atoms with E-state index in [0.29, 0.717) is 5.41 Å². The van der Waals surface area contributed by atoms with Gasteiger partial charge in [-0.3, -0.25) is 0 Å². The maximum atomic E-state index is 3.61. The minimum atomic E-state index is 0.538. The van der Waals surface area contributed by atoms with E-state index in [4.69, 9.17) is 0 Å². The number of nitrogens with one attached hydrogen (secondary N) is 1. The lowest BCUT2D eigenvalue weighted by Crippen LogP contribution is -2.24. The molecule has 90 valence electrons. The molecule has 1 rings (SSSR count). The van der Waals surface area contributed by atoms with Gasteiger partial charge in [-0.2, -0.15) is 11.8 Å². The fraction of sp³-hybridized carbons (Fsp3) is 1.00. The van der Waals surface area contributed by atoms with Crippen molar-refractivity contribution in [3.8, 4) is 0 Å². The maximum absolute atomic E-state index is 3.61. The topological polar surface area (TPSA) is 12.0 Å². The second-order valence-corrected chi connectivity index (χ2v) is 6.84. The molecule has 0 atom stereocenters. The third-order valence-corrected chi connectivity index (χ3v) is 4.14. The highest BCUT2D eigenvalue weighted by Crippen LogP contribution is 2.28. The van der Waals surface area contributed by atoms with Crippen LogP contribution in [0.15, 0.2) is 0 Å². The molecule has 1 fully saturated rings. The van der Waals surface area contributed by atoms with E-state index in [1.807, 2.05) is 0 Å². The number of thioether (sulfide) groups is 1. The van der Waals surface area contributed by atoms with Crippen LogP contribution in [0.5, 0.6) is 0 Å². The van der Waals surface area contributed by atoms with Gasteiger partial charge in [-0.05, 0) is 55.6 Å². The largest absolute Gasteiger partial charge is 0.314 e. The molecule has 0 heterocycles. The Hall–Kier alpha value is 0.310. The smallest absolute Gasteiger partial charge is 0.00682 e. The van der Waals surface area contributed by atoms with Crippen LogP contribution in [0.4, 0.5) is 0 Å². The summed E-state index contributed by atoms with van der Waals surface area (Å²) in [5.74, 6) is 2.61. The molecule has 0 amide bonds.